The van der Waals surface area contributed by atoms with E-state index >= 15 is 0 Å². The van der Waals surface area contributed by atoms with Crippen LogP contribution >= 0.6 is 11.8 Å². The maximum Gasteiger partial charge on any atom is 0.184 e. The molecule has 0 bridgehead atoms. The van der Waals surface area contributed by atoms with E-state index in [-0.39, 0.29) is 24.2 Å². The van der Waals surface area contributed by atoms with Gasteiger partial charge in [-0.3, -0.25) is 0 Å². The molecule has 0 radical (unpaired) electrons. The van der Waals surface area contributed by atoms with Gasteiger partial charge in [0.25, 0.3) is 0 Å². The van der Waals surface area contributed by atoms with Gasteiger partial charge in [-0.15, -0.1) is 0 Å². The Morgan fingerprint density at radius 1 is 1.16 bits per heavy atom. The van der Waals surface area contributed by atoms with Crippen molar-refractivity contribution in [1.82, 2.24) is 0 Å². The molecular weight excluding hydrogens is 412 g/mol. The molecule has 31 heavy (non-hydrogen) atoms. The average molecular weight is 447 g/mol. The lowest BCUT2D eigenvalue weighted by Gasteiger charge is -2.37. The summed E-state index contributed by atoms with van der Waals surface area (Å²) >= 11 is 1.43. The summed E-state index contributed by atoms with van der Waals surface area (Å²) in [4.78, 5) is 1.03. The van der Waals surface area contributed by atoms with Gasteiger partial charge in [0.15, 0.2) is 6.29 Å². The van der Waals surface area contributed by atoms with E-state index in [1.807, 2.05) is 44.2 Å². The second-order valence-corrected chi connectivity index (χ2v) is 10.2. The Morgan fingerprint density at radius 2 is 1.87 bits per heavy atom. The first-order valence-electron chi connectivity index (χ1n) is 10.7. The van der Waals surface area contributed by atoms with Gasteiger partial charge in [0.2, 0.25) is 0 Å². The van der Waals surface area contributed by atoms with Crippen LogP contribution < -0.4 is 0 Å². The van der Waals surface area contributed by atoms with Crippen molar-refractivity contribution in [2.75, 3.05) is 13.2 Å². The van der Waals surface area contributed by atoms with Gasteiger partial charge in [0, 0.05) is 10.5 Å². The Morgan fingerprint density at radius 3 is 2.48 bits per heavy atom. The summed E-state index contributed by atoms with van der Waals surface area (Å²) in [7, 11) is 0. The lowest BCUT2D eigenvalue weighted by Crippen LogP contribution is -2.44. The third kappa shape index (κ3) is 6.31. The van der Waals surface area contributed by atoms with E-state index in [2.05, 4.69) is 39.0 Å². The van der Waals surface area contributed by atoms with Gasteiger partial charge in [0.1, 0.15) is 17.6 Å². The predicted molar refractivity (Wildman–Crippen MR) is 123 cm³/mol. The van der Waals surface area contributed by atoms with Crippen LogP contribution in [0.5, 0.6) is 0 Å². The minimum absolute atomic E-state index is 0.0149. The fourth-order valence-corrected chi connectivity index (χ4v) is 4.49. The zero-order chi connectivity index (χ0) is 22.6. The first kappa shape index (κ1) is 24.2. The summed E-state index contributed by atoms with van der Waals surface area (Å²) in [6.45, 7) is 10.5. The first-order valence-corrected chi connectivity index (χ1v) is 11.6. The Hall–Kier alpha value is -1.41. The Labute approximate surface area is 189 Å². The molecule has 3 rings (SSSR count). The largest absolute Gasteiger partial charge is 0.394 e. The molecule has 1 fully saturated rings. The molecule has 170 valence electrons. The molecule has 0 aliphatic carbocycles. The van der Waals surface area contributed by atoms with Gasteiger partial charge in [-0.2, -0.15) is 0 Å². The van der Waals surface area contributed by atoms with E-state index < -0.39 is 17.8 Å². The van der Waals surface area contributed by atoms with E-state index in [0.717, 1.165) is 16.0 Å². The second kappa shape index (κ2) is 10.5. The number of benzene rings is 2. The topological polar surface area (TPSA) is 68.2 Å². The molecule has 0 spiro atoms. The predicted octanol–water partition coefficient (Wildman–Crippen LogP) is 4.58. The number of hydrogen-bond acceptors (Lipinski definition) is 6. The van der Waals surface area contributed by atoms with Crippen LogP contribution in [0.3, 0.4) is 0 Å². The lowest BCUT2D eigenvalue weighted by molar-refractivity contribution is -0.266. The minimum atomic E-state index is -1.03. The van der Waals surface area contributed by atoms with Crippen molar-refractivity contribution in [3.63, 3.8) is 0 Å². The van der Waals surface area contributed by atoms with E-state index in [1.54, 1.807) is 0 Å². The summed E-state index contributed by atoms with van der Waals surface area (Å²) in [5.74, 6) is 0. The molecular formula is C25H34O5S. The summed E-state index contributed by atoms with van der Waals surface area (Å²) < 4.78 is 18.2. The van der Waals surface area contributed by atoms with Crippen LogP contribution in [0, 0.1) is 6.92 Å². The van der Waals surface area contributed by atoms with Crippen molar-refractivity contribution in [3.05, 3.63) is 65.2 Å². The number of rotatable bonds is 7. The standard InChI is InChI=1S/C25H34O5S/c1-16-11-12-19(25(3,4)5)13-22(16)31-24(20(27)14-26)30-21-15-28-23(29-17(21)2)18-9-7-6-8-10-18/h6-13,17,20-21,23-24,26-27H,14-15H2,1-5H3/t17-,20-,21?,23?,24-/m0/s1. The highest BCUT2D eigenvalue weighted by atomic mass is 32.2. The molecule has 0 amide bonds. The van der Waals surface area contributed by atoms with Gasteiger partial charge < -0.3 is 24.4 Å². The molecule has 1 saturated heterocycles. The molecule has 2 aromatic rings. The SMILES string of the molecule is Cc1ccc(C(C)(C)C)cc1S[C@H](OC1COC(c2ccccc2)O[C@H]1C)[C@@H](O)CO. The number of thioether (sulfide) groups is 1. The van der Waals surface area contributed by atoms with E-state index in [0.29, 0.717) is 6.61 Å². The molecule has 2 unspecified atom stereocenters. The van der Waals surface area contributed by atoms with Gasteiger partial charge in [-0.25, -0.2) is 0 Å². The summed E-state index contributed by atoms with van der Waals surface area (Å²) in [5, 5.41) is 20.1. The molecule has 5 nitrogen and oxygen atoms in total. The quantitative estimate of drug-likeness (QED) is 0.479. The number of aryl methyl sites for hydroxylation is 1. The third-order valence-electron chi connectivity index (χ3n) is 5.45. The maximum atomic E-state index is 10.5. The Balaban J connectivity index is 1.71. The van der Waals surface area contributed by atoms with Gasteiger partial charge in [-0.05, 0) is 36.5 Å². The minimum Gasteiger partial charge on any atom is -0.394 e. The molecule has 2 N–H and O–H groups in total. The zero-order valence-electron chi connectivity index (χ0n) is 18.9. The smallest absolute Gasteiger partial charge is 0.184 e. The third-order valence-corrected chi connectivity index (χ3v) is 6.80. The lowest BCUT2D eigenvalue weighted by atomic mass is 9.87. The van der Waals surface area contributed by atoms with Crippen LogP contribution in [0.1, 0.15) is 50.7 Å². The van der Waals surface area contributed by atoms with Crippen molar-refractivity contribution in [2.45, 2.75) is 75.0 Å². The summed E-state index contributed by atoms with van der Waals surface area (Å²) in [5.41, 5.74) is 2.64. The zero-order valence-corrected chi connectivity index (χ0v) is 19.8. The van der Waals surface area contributed by atoms with Crippen LogP contribution in [0.25, 0.3) is 0 Å². The second-order valence-electron chi connectivity index (χ2n) is 9.06. The highest BCUT2D eigenvalue weighted by Gasteiger charge is 2.34. The normalized spacial score (nSPS) is 24.0. The number of hydrogen-bond donors (Lipinski definition) is 2. The Bertz CT molecular complexity index is 836. The fraction of sp³-hybridized carbons (Fsp3) is 0.520. The summed E-state index contributed by atoms with van der Waals surface area (Å²) in [6.07, 6.45) is -2.04. The van der Waals surface area contributed by atoms with Gasteiger partial charge in [0.05, 0.1) is 19.3 Å². The molecule has 6 heteroatoms. The fourth-order valence-electron chi connectivity index (χ4n) is 3.35. The van der Waals surface area contributed by atoms with Crippen LogP contribution in [-0.2, 0) is 19.6 Å². The van der Waals surface area contributed by atoms with Crippen molar-refractivity contribution in [3.8, 4) is 0 Å². The highest BCUT2D eigenvalue weighted by Crippen LogP contribution is 2.35. The molecule has 0 saturated carbocycles. The highest BCUT2D eigenvalue weighted by molar-refractivity contribution is 7.99. The summed E-state index contributed by atoms with van der Waals surface area (Å²) in [6, 6.07) is 16.2. The first-order chi connectivity index (χ1) is 14.7. The van der Waals surface area contributed by atoms with Gasteiger partial charge in [-0.1, -0.05) is 75.0 Å². The Kier molecular flexibility index (Phi) is 8.19. The molecule has 2 aromatic carbocycles. The van der Waals surface area contributed by atoms with Gasteiger partial charge >= 0.3 is 0 Å². The maximum absolute atomic E-state index is 10.5. The number of ether oxygens (including phenoxy) is 3. The van der Waals surface area contributed by atoms with E-state index in [1.165, 1.54) is 17.3 Å². The van der Waals surface area contributed by atoms with Crippen molar-refractivity contribution in [1.29, 1.82) is 0 Å². The number of aliphatic hydroxyl groups is 2. The van der Waals surface area contributed by atoms with E-state index in [4.69, 9.17) is 14.2 Å². The van der Waals surface area contributed by atoms with Crippen LogP contribution in [0.15, 0.2) is 53.4 Å². The van der Waals surface area contributed by atoms with Crippen molar-refractivity contribution < 1.29 is 24.4 Å². The molecule has 1 aliphatic rings. The molecule has 1 aliphatic heterocycles. The monoisotopic (exact) mass is 446 g/mol. The van der Waals surface area contributed by atoms with Crippen LogP contribution in [-0.4, -0.2) is 47.2 Å². The van der Waals surface area contributed by atoms with Crippen molar-refractivity contribution >= 4 is 11.8 Å². The molecule has 0 aromatic heterocycles. The van der Waals surface area contributed by atoms with E-state index in [9.17, 15) is 10.2 Å². The molecule has 5 atom stereocenters. The van der Waals surface area contributed by atoms with Crippen LogP contribution in [0.2, 0.25) is 0 Å². The van der Waals surface area contributed by atoms with Crippen molar-refractivity contribution in [2.24, 2.45) is 0 Å². The number of aliphatic hydroxyl groups excluding tert-OH is 2. The molecule has 1 heterocycles. The average Bonchev–Trinajstić information content (AvgIpc) is 2.75. The van der Waals surface area contributed by atoms with Crippen LogP contribution in [0.4, 0.5) is 0 Å².